The topological polar surface area (TPSA) is 59.2 Å². The minimum atomic E-state index is -0.138. The fourth-order valence-corrected chi connectivity index (χ4v) is 2.46. The van der Waals surface area contributed by atoms with Gasteiger partial charge in [0, 0.05) is 31.0 Å². The van der Waals surface area contributed by atoms with Crippen LogP contribution in [0.25, 0.3) is 11.5 Å². The molecule has 0 saturated carbocycles. The van der Waals surface area contributed by atoms with Crippen molar-refractivity contribution < 1.29 is 9.21 Å². The van der Waals surface area contributed by atoms with E-state index in [1.807, 2.05) is 49.4 Å². The quantitative estimate of drug-likeness (QED) is 0.698. The lowest BCUT2D eigenvalue weighted by Crippen LogP contribution is -2.32. The Balaban J connectivity index is 1.69. The predicted octanol–water partition coefficient (Wildman–Crippen LogP) is 3.44. The summed E-state index contributed by atoms with van der Waals surface area (Å²) in [7, 11) is 0. The second-order valence-electron chi connectivity index (χ2n) is 5.39. The number of carbonyl (C=O) groups is 1. The van der Waals surface area contributed by atoms with E-state index in [1.165, 1.54) is 6.20 Å². The van der Waals surface area contributed by atoms with Crippen LogP contribution in [0, 0.1) is 0 Å². The predicted molar refractivity (Wildman–Crippen MR) is 91.5 cm³/mol. The molecule has 0 atom stereocenters. The van der Waals surface area contributed by atoms with Gasteiger partial charge < -0.3 is 9.32 Å². The van der Waals surface area contributed by atoms with Gasteiger partial charge in [-0.3, -0.25) is 9.78 Å². The third-order valence-corrected chi connectivity index (χ3v) is 3.83. The fraction of sp³-hybridized carbons (Fsp3) is 0.211. The molecule has 0 N–H and O–H groups in total. The molecule has 0 aliphatic heterocycles. The first-order valence-corrected chi connectivity index (χ1v) is 7.97. The summed E-state index contributed by atoms with van der Waals surface area (Å²) in [5.41, 5.74) is 2.01. The van der Waals surface area contributed by atoms with E-state index in [-0.39, 0.29) is 11.7 Å². The van der Waals surface area contributed by atoms with Crippen molar-refractivity contribution in [3.63, 3.8) is 0 Å². The third-order valence-electron chi connectivity index (χ3n) is 3.83. The zero-order valence-electron chi connectivity index (χ0n) is 13.6. The Kier molecular flexibility index (Phi) is 5.01. The maximum atomic E-state index is 12.6. The fourth-order valence-electron chi connectivity index (χ4n) is 2.46. The minimum Gasteiger partial charge on any atom is -0.431 e. The molecule has 1 amide bonds. The molecule has 0 spiro atoms. The van der Waals surface area contributed by atoms with Crippen LogP contribution < -0.4 is 0 Å². The number of likely N-dealkylation sites (N-methyl/N-ethyl adjacent to an activating group) is 1. The van der Waals surface area contributed by atoms with Gasteiger partial charge in [0.25, 0.3) is 5.91 Å². The maximum Gasteiger partial charge on any atom is 0.291 e. The molecule has 0 aliphatic carbocycles. The number of aromatic nitrogens is 2. The smallest absolute Gasteiger partial charge is 0.291 e. The number of oxazole rings is 1. The van der Waals surface area contributed by atoms with Gasteiger partial charge in [0.2, 0.25) is 11.7 Å². The molecule has 0 bridgehead atoms. The standard InChI is InChI=1S/C19H19N3O2/c1-2-22(13-10-15-8-11-20-12-9-15)19(23)17-14-21-18(24-17)16-6-4-3-5-7-16/h3-9,11-12,14H,2,10,13H2,1H3. The van der Waals surface area contributed by atoms with Crippen molar-refractivity contribution >= 4 is 5.91 Å². The van der Waals surface area contributed by atoms with Crippen LogP contribution in [0.2, 0.25) is 0 Å². The molecule has 0 saturated heterocycles. The second kappa shape index (κ2) is 7.55. The molecular formula is C19H19N3O2. The molecule has 0 unspecified atom stereocenters. The minimum absolute atomic E-state index is 0.138. The molecule has 3 rings (SSSR count). The Morgan fingerprint density at radius 3 is 2.58 bits per heavy atom. The molecule has 24 heavy (non-hydrogen) atoms. The van der Waals surface area contributed by atoms with Gasteiger partial charge in [-0.1, -0.05) is 18.2 Å². The zero-order chi connectivity index (χ0) is 16.8. The highest BCUT2D eigenvalue weighted by molar-refractivity contribution is 5.91. The average Bonchev–Trinajstić information content (AvgIpc) is 3.14. The lowest BCUT2D eigenvalue weighted by Gasteiger charge is -2.19. The Hall–Kier alpha value is -2.95. The summed E-state index contributed by atoms with van der Waals surface area (Å²) in [6, 6.07) is 13.5. The van der Waals surface area contributed by atoms with E-state index >= 15 is 0 Å². The van der Waals surface area contributed by atoms with Crippen LogP contribution in [0.4, 0.5) is 0 Å². The molecule has 2 aromatic heterocycles. The summed E-state index contributed by atoms with van der Waals surface area (Å²) >= 11 is 0. The first-order chi connectivity index (χ1) is 11.8. The van der Waals surface area contributed by atoms with Gasteiger partial charge in [-0.15, -0.1) is 0 Å². The number of hydrogen-bond acceptors (Lipinski definition) is 4. The van der Waals surface area contributed by atoms with Crippen LogP contribution in [0.3, 0.4) is 0 Å². The van der Waals surface area contributed by atoms with E-state index in [0.29, 0.717) is 19.0 Å². The molecule has 0 radical (unpaired) electrons. The van der Waals surface area contributed by atoms with Crippen LogP contribution in [-0.4, -0.2) is 33.9 Å². The van der Waals surface area contributed by atoms with Gasteiger partial charge in [0.05, 0.1) is 6.20 Å². The van der Waals surface area contributed by atoms with Crippen LogP contribution in [0.5, 0.6) is 0 Å². The highest BCUT2D eigenvalue weighted by atomic mass is 16.4. The van der Waals surface area contributed by atoms with Gasteiger partial charge >= 0.3 is 0 Å². The van der Waals surface area contributed by atoms with Gasteiger partial charge in [0.1, 0.15) is 0 Å². The molecule has 122 valence electrons. The lowest BCUT2D eigenvalue weighted by atomic mass is 10.2. The molecule has 3 aromatic rings. The number of rotatable bonds is 6. The molecule has 1 aromatic carbocycles. The number of nitrogens with zero attached hydrogens (tertiary/aromatic N) is 3. The Labute approximate surface area is 141 Å². The number of hydrogen-bond donors (Lipinski definition) is 0. The summed E-state index contributed by atoms with van der Waals surface area (Å²) in [5.74, 6) is 0.593. The normalized spacial score (nSPS) is 10.5. The molecule has 0 aliphatic rings. The summed E-state index contributed by atoms with van der Waals surface area (Å²) in [6.07, 6.45) is 5.80. The molecule has 0 fully saturated rings. The van der Waals surface area contributed by atoms with Gasteiger partial charge in [-0.25, -0.2) is 4.98 Å². The van der Waals surface area contributed by atoms with Crippen molar-refractivity contribution in [1.82, 2.24) is 14.9 Å². The van der Waals surface area contributed by atoms with E-state index in [1.54, 1.807) is 17.3 Å². The number of carbonyl (C=O) groups excluding carboxylic acids is 1. The van der Waals surface area contributed by atoms with Crippen molar-refractivity contribution in [2.24, 2.45) is 0 Å². The third kappa shape index (κ3) is 3.68. The lowest BCUT2D eigenvalue weighted by molar-refractivity contribution is 0.0735. The van der Waals surface area contributed by atoms with E-state index in [0.717, 1.165) is 17.5 Å². The highest BCUT2D eigenvalue weighted by Gasteiger charge is 2.19. The Bertz CT molecular complexity index is 785. The molecular weight excluding hydrogens is 302 g/mol. The van der Waals surface area contributed by atoms with Gasteiger partial charge in [0.15, 0.2) is 0 Å². The average molecular weight is 321 g/mol. The van der Waals surface area contributed by atoms with Crippen LogP contribution >= 0.6 is 0 Å². The van der Waals surface area contributed by atoms with Crippen molar-refractivity contribution in [3.8, 4) is 11.5 Å². The molecule has 5 nitrogen and oxygen atoms in total. The van der Waals surface area contributed by atoms with Crippen molar-refractivity contribution in [1.29, 1.82) is 0 Å². The monoisotopic (exact) mass is 321 g/mol. The van der Waals surface area contributed by atoms with Crippen LogP contribution in [0.15, 0.2) is 65.5 Å². The highest BCUT2D eigenvalue weighted by Crippen LogP contribution is 2.19. The van der Waals surface area contributed by atoms with Crippen molar-refractivity contribution in [2.75, 3.05) is 13.1 Å². The maximum absolute atomic E-state index is 12.6. The second-order valence-corrected chi connectivity index (χ2v) is 5.39. The van der Waals surface area contributed by atoms with Gasteiger partial charge in [-0.05, 0) is 43.2 Å². The van der Waals surface area contributed by atoms with Crippen molar-refractivity contribution in [2.45, 2.75) is 13.3 Å². The summed E-state index contributed by atoms with van der Waals surface area (Å²) in [6.45, 7) is 3.20. The van der Waals surface area contributed by atoms with E-state index in [9.17, 15) is 4.79 Å². The van der Waals surface area contributed by atoms with E-state index < -0.39 is 0 Å². The Morgan fingerprint density at radius 2 is 1.88 bits per heavy atom. The number of amides is 1. The van der Waals surface area contributed by atoms with E-state index in [2.05, 4.69) is 9.97 Å². The van der Waals surface area contributed by atoms with E-state index in [4.69, 9.17) is 4.42 Å². The first-order valence-electron chi connectivity index (χ1n) is 7.97. The largest absolute Gasteiger partial charge is 0.431 e. The number of pyridine rings is 1. The zero-order valence-corrected chi connectivity index (χ0v) is 13.6. The first kappa shape index (κ1) is 15.9. The van der Waals surface area contributed by atoms with Crippen LogP contribution in [-0.2, 0) is 6.42 Å². The Morgan fingerprint density at radius 1 is 1.12 bits per heavy atom. The number of benzene rings is 1. The van der Waals surface area contributed by atoms with Gasteiger partial charge in [-0.2, -0.15) is 0 Å². The SMILES string of the molecule is CCN(CCc1ccncc1)C(=O)c1cnc(-c2ccccc2)o1. The molecule has 2 heterocycles. The summed E-state index contributed by atoms with van der Waals surface area (Å²) in [4.78, 5) is 22.6. The summed E-state index contributed by atoms with van der Waals surface area (Å²) < 4.78 is 5.65. The summed E-state index contributed by atoms with van der Waals surface area (Å²) in [5, 5.41) is 0. The van der Waals surface area contributed by atoms with Crippen LogP contribution in [0.1, 0.15) is 23.0 Å². The van der Waals surface area contributed by atoms with Crippen molar-refractivity contribution in [3.05, 3.63) is 72.4 Å². The molecule has 5 heteroatoms.